The van der Waals surface area contributed by atoms with Crippen molar-refractivity contribution in [3.63, 3.8) is 0 Å². The minimum atomic E-state index is 0.0753. The molecule has 2 aliphatic rings. The summed E-state index contributed by atoms with van der Waals surface area (Å²) < 4.78 is 7.70. The van der Waals surface area contributed by atoms with Gasteiger partial charge in [0.2, 0.25) is 0 Å². The number of piperidine rings is 1. The van der Waals surface area contributed by atoms with E-state index in [1.807, 2.05) is 30.5 Å². The number of carbonyl (C=O) groups excluding carboxylic acids is 1. The normalized spacial score (nSPS) is 26.7. The van der Waals surface area contributed by atoms with Gasteiger partial charge in [-0.15, -0.1) is 0 Å². The summed E-state index contributed by atoms with van der Waals surface area (Å²) in [6.45, 7) is 3.54. The smallest absolute Gasteiger partial charge is 0.256 e. The summed E-state index contributed by atoms with van der Waals surface area (Å²) in [4.78, 5) is 24.3. The number of ether oxygens (including phenoxy) is 1. The molecule has 6 nitrogen and oxygen atoms in total. The van der Waals surface area contributed by atoms with Gasteiger partial charge in [-0.2, -0.15) is 0 Å². The number of pyridine rings is 1. The van der Waals surface area contributed by atoms with Crippen LogP contribution in [0.4, 0.5) is 0 Å². The fourth-order valence-electron chi connectivity index (χ4n) is 4.81. The fraction of sp³-hybridized carbons (Fsp3) is 0.632. The van der Waals surface area contributed by atoms with E-state index < -0.39 is 0 Å². The zero-order valence-corrected chi connectivity index (χ0v) is 15.3. The summed E-state index contributed by atoms with van der Waals surface area (Å²) in [6, 6.07) is 1.81. The van der Waals surface area contributed by atoms with Crippen molar-refractivity contribution in [3.8, 4) is 0 Å². The minimum Gasteiger partial charge on any atom is -0.381 e. The molecule has 4 rings (SSSR count). The Bertz CT molecular complexity index is 815. The van der Waals surface area contributed by atoms with Crippen molar-refractivity contribution in [3.05, 3.63) is 23.7 Å². The molecular formula is C19H26N4O2. The molecule has 1 amide bonds. The monoisotopic (exact) mass is 342 g/mol. The van der Waals surface area contributed by atoms with E-state index in [4.69, 9.17) is 4.74 Å². The van der Waals surface area contributed by atoms with Crippen molar-refractivity contribution in [1.29, 1.82) is 0 Å². The number of imidazole rings is 1. The molecule has 1 saturated carbocycles. The first-order valence-electron chi connectivity index (χ1n) is 9.16. The van der Waals surface area contributed by atoms with Gasteiger partial charge in [-0.25, -0.2) is 9.97 Å². The second-order valence-electron chi connectivity index (χ2n) is 7.56. The summed E-state index contributed by atoms with van der Waals surface area (Å²) >= 11 is 0. The van der Waals surface area contributed by atoms with Crippen molar-refractivity contribution in [2.45, 2.75) is 45.1 Å². The Balaban J connectivity index is 1.66. The second-order valence-corrected chi connectivity index (χ2v) is 7.56. The fourth-order valence-corrected chi connectivity index (χ4v) is 4.81. The van der Waals surface area contributed by atoms with Crippen LogP contribution in [0.15, 0.2) is 12.3 Å². The Morgan fingerprint density at radius 3 is 2.96 bits per heavy atom. The van der Waals surface area contributed by atoms with Crippen LogP contribution in [0.1, 0.15) is 48.3 Å². The predicted molar refractivity (Wildman–Crippen MR) is 95.5 cm³/mol. The van der Waals surface area contributed by atoms with E-state index in [9.17, 15) is 4.79 Å². The van der Waals surface area contributed by atoms with E-state index in [2.05, 4.69) is 9.97 Å². The molecule has 2 atom stereocenters. The SMILES string of the molecule is CO[C@@H]1CCC[C@]12CCCN(C(=O)c1ccnc3c1nc(C)n3C)C2. The van der Waals surface area contributed by atoms with Crippen molar-refractivity contribution < 1.29 is 9.53 Å². The highest BCUT2D eigenvalue weighted by Crippen LogP contribution is 2.46. The molecule has 3 heterocycles. The van der Waals surface area contributed by atoms with Crippen LogP contribution >= 0.6 is 0 Å². The number of methoxy groups -OCH3 is 1. The predicted octanol–water partition coefficient (Wildman–Crippen LogP) is 2.70. The average Bonchev–Trinajstić information content (AvgIpc) is 3.15. The number of hydrogen-bond acceptors (Lipinski definition) is 4. The third kappa shape index (κ3) is 2.54. The molecule has 0 unspecified atom stereocenters. The first-order valence-corrected chi connectivity index (χ1v) is 9.16. The summed E-state index contributed by atoms with van der Waals surface area (Å²) in [5.41, 5.74) is 2.28. The zero-order chi connectivity index (χ0) is 17.6. The number of fused-ring (bicyclic) bond motifs is 1. The molecule has 1 aliphatic carbocycles. The zero-order valence-electron chi connectivity index (χ0n) is 15.3. The van der Waals surface area contributed by atoms with Gasteiger partial charge in [0.05, 0.1) is 11.7 Å². The van der Waals surface area contributed by atoms with Gasteiger partial charge in [0.1, 0.15) is 11.3 Å². The van der Waals surface area contributed by atoms with Gasteiger partial charge in [0, 0.05) is 38.9 Å². The number of aromatic nitrogens is 3. The summed E-state index contributed by atoms with van der Waals surface area (Å²) in [6.07, 6.45) is 7.65. The summed E-state index contributed by atoms with van der Waals surface area (Å²) in [5.74, 6) is 0.944. The molecule has 0 bridgehead atoms. The molecular weight excluding hydrogens is 316 g/mol. The van der Waals surface area contributed by atoms with Gasteiger partial charge in [-0.05, 0) is 38.7 Å². The van der Waals surface area contributed by atoms with Crippen LogP contribution in [-0.4, -0.2) is 51.6 Å². The largest absolute Gasteiger partial charge is 0.381 e. The van der Waals surface area contributed by atoms with Gasteiger partial charge in [-0.3, -0.25) is 4.79 Å². The van der Waals surface area contributed by atoms with Crippen molar-refractivity contribution >= 4 is 17.1 Å². The maximum absolute atomic E-state index is 13.3. The molecule has 6 heteroatoms. The Labute approximate surface area is 148 Å². The van der Waals surface area contributed by atoms with E-state index in [-0.39, 0.29) is 17.4 Å². The second kappa shape index (κ2) is 6.09. The summed E-state index contributed by atoms with van der Waals surface area (Å²) in [7, 11) is 3.74. The number of aryl methyl sites for hydroxylation is 2. The Kier molecular flexibility index (Phi) is 4.02. The topological polar surface area (TPSA) is 60.2 Å². The lowest BCUT2D eigenvalue weighted by Gasteiger charge is -2.43. The number of rotatable bonds is 2. The van der Waals surface area contributed by atoms with Gasteiger partial charge in [0.15, 0.2) is 5.65 Å². The van der Waals surface area contributed by atoms with Crippen LogP contribution in [0.5, 0.6) is 0 Å². The number of amides is 1. The first-order chi connectivity index (χ1) is 12.1. The molecule has 134 valence electrons. The molecule has 2 fully saturated rings. The number of nitrogens with zero attached hydrogens (tertiary/aromatic N) is 4. The third-order valence-electron chi connectivity index (χ3n) is 6.22. The van der Waals surface area contributed by atoms with Gasteiger partial charge in [0.25, 0.3) is 5.91 Å². The lowest BCUT2D eigenvalue weighted by molar-refractivity contribution is -0.0295. The molecule has 1 aliphatic heterocycles. The van der Waals surface area contributed by atoms with E-state index in [1.165, 1.54) is 6.42 Å². The molecule has 25 heavy (non-hydrogen) atoms. The van der Waals surface area contributed by atoms with Crippen molar-refractivity contribution in [2.24, 2.45) is 12.5 Å². The number of carbonyl (C=O) groups is 1. The molecule has 0 radical (unpaired) electrons. The van der Waals surface area contributed by atoms with E-state index >= 15 is 0 Å². The van der Waals surface area contributed by atoms with Crippen molar-refractivity contribution in [2.75, 3.05) is 20.2 Å². The highest BCUT2D eigenvalue weighted by Gasteiger charge is 2.46. The maximum atomic E-state index is 13.3. The van der Waals surface area contributed by atoms with Gasteiger partial charge in [-0.1, -0.05) is 6.42 Å². The van der Waals surface area contributed by atoms with Crippen LogP contribution < -0.4 is 0 Å². The minimum absolute atomic E-state index is 0.0753. The molecule has 1 spiro atoms. The van der Waals surface area contributed by atoms with Crippen LogP contribution in [-0.2, 0) is 11.8 Å². The van der Waals surface area contributed by atoms with Gasteiger partial charge < -0.3 is 14.2 Å². The number of hydrogen-bond donors (Lipinski definition) is 0. The first kappa shape index (κ1) is 16.5. The quantitative estimate of drug-likeness (QED) is 0.842. The summed E-state index contributed by atoms with van der Waals surface area (Å²) in [5, 5.41) is 0. The van der Waals surface area contributed by atoms with E-state index in [0.717, 1.165) is 50.2 Å². The molecule has 0 aromatic carbocycles. The molecule has 1 saturated heterocycles. The van der Waals surface area contributed by atoms with Crippen molar-refractivity contribution in [1.82, 2.24) is 19.4 Å². The lowest BCUT2D eigenvalue weighted by Crippen LogP contribution is -2.49. The number of likely N-dealkylation sites (tertiary alicyclic amines) is 1. The lowest BCUT2D eigenvalue weighted by atomic mass is 9.76. The Hall–Kier alpha value is -1.95. The Morgan fingerprint density at radius 1 is 1.36 bits per heavy atom. The van der Waals surface area contributed by atoms with Crippen LogP contribution in [0.25, 0.3) is 11.2 Å². The van der Waals surface area contributed by atoms with Crippen LogP contribution in [0.3, 0.4) is 0 Å². The molecule has 2 aromatic rings. The molecule has 0 N–H and O–H groups in total. The molecule has 2 aromatic heterocycles. The third-order valence-corrected chi connectivity index (χ3v) is 6.22. The van der Waals surface area contributed by atoms with Gasteiger partial charge >= 0.3 is 0 Å². The average molecular weight is 342 g/mol. The van der Waals surface area contributed by atoms with Crippen LogP contribution in [0.2, 0.25) is 0 Å². The highest BCUT2D eigenvalue weighted by molar-refractivity contribution is 6.04. The maximum Gasteiger partial charge on any atom is 0.256 e. The van der Waals surface area contributed by atoms with E-state index in [0.29, 0.717) is 11.1 Å². The standard InChI is InChI=1S/C19H26N4O2/c1-13-21-16-14(7-10-20-17(16)22(13)2)18(24)23-11-5-9-19(12-23)8-4-6-15(19)25-3/h7,10,15H,4-6,8-9,11-12H2,1-3H3/t15-,19-/m1/s1. The van der Waals surface area contributed by atoms with E-state index in [1.54, 1.807) is 12.3 Å². The van der Waals surface area contributed by atoms with Crippen LogP contribution in [0, 0.1) is 12.3 Å². The Morgan fingerprint density at radius 2 is 2.16 bits per heavy atom. The highest BCUT2D eigenvalue weighted by atomic mass is 16.5.